The van der Waals surface area contributed by atoms with E-state index in [9.17, 15) is 4.79 Å². The Morgan fingerprint density at radius 1 is 1.24 bits per heavy atom. The molecular weight excluding hydrogens is 348 g/mol. The number of nitrogens with two attached hydrogens (primary N) is 1. The van der Waals surface area contributed by atoms with E-state index < -0.39 is 5.54 Å². The average Bonchev–Trinajstić information content (AvgIpc) is 2.49. The first-order valence-electron chi connectivity index (χ1n) is 6.51. The maximum Gasteiger partial charge on any atom is 0.243 e. The molecule has 21 heavy (non-hydrogen) atoms. The van der Waals surface area contributed by atoms with Crippen LogP contribution in [0.15, 0.2) is 64.0 Å². The van der Waals surface area contributed by atoms with Crippen molar-refractivity contribution in [2.45, 2.75) is 10.4 Å². The number of primary amides is 1. The number of carbonyl (C=O) groups is 1. The van der Waals surface area contributed by atoms with Crippen LogP contribution in [0.2, 0.25) is 0 Å². The first-order chi connectivity index (χ1) is 10.1. The van der Waals surface area contributed by atoms with E-state index in [2.05, 4.69) is 21.2 Å². The molecule has 0 spiro atoms. The zero-order valence-corrected chi connectivity index (χ0v) is 14.1. The Morgan fingerprint density at radius 3 is 2.52 bits per heavy atom. The molecule has 0 fully saturated rings. The largest absolute Gasteiger partial charge is 0.368 e. The van der Waals surface area contributed by atoms with E-state index in [0.29, 0.717) is 5.75 Å². The maximum atomic E-state index is 12.1. The smallest absolute Gasteiger partial charge is 0.243 e. The highest BCUT2D eigenvalue weighted by Crippen LogP contribution is 2.30. The second-order valence-electron chi connectivity index (χ2n) is 4.63. The molecule has 1 amide bonds. The van der Waals surface area contributed by atoms with E-state index in [0.717, 1.165) is 14.9 Å². The number of hydrogen-bond donors (Lipinski definition) is 2. The topological polar surface area (TPSA) is 55.1 Å². The molecule has 2 aromatic rings. The molecular formula is C16H17BrN2OS. The molecule has 0 aliphatic rings. The van der Waals surface area contributed by atoms with Crippen molar-refractivity contribution in [2.24, 2.45) is 5.73 Å². The summed E-state index contributed by atoms with van der Waals surface area (Å²) in [6, 6.07) is 17.6. The van der Waals surface area contributed by atoms with Crippen molar-refractivity contribution in [3.8, 4) is 0 Å². The van der Waals surface area contributed by atoms with Gasteiger partial charge in [0.2, 0.25) is 5.91 Å². The van der Waals surface area contributed by atoms with Gasteiger partial charge in [0.25, 0.3) is 0 Å². The quantitative estimate of drug-likeness (QED) is 0.774. The average molecular weight is 365 g/mol. The second kappa shape index (κ2) is 7.11. The molecule has 110 valence electrons. The van der Waals surface area contributed by atoms with Gasteiger partial charge in [-0.25, -0.2) is 0 Å². The van der Waals surface area contributed by atoms with Gasteiger partial charge >= 0.3 is 0 Å². The summed E-state index contributed by atoms with van der Waals surface area (Å²) in [5.41, 5.74) is 5.68. The van der Waals surface area contributed by atoms with E-state index in [-0.39, 0.29) is 5.91 Å². The minimum Gasteiger partial charge on any atom is -0.368 e. The third kappa shape index (κ3) is 3.67. The lowest BCUT2D eigenvalue weighted by atomic mass is 9.91. The molecule has 0 aliphatic heterocycles. The molecule has 0 bridgehead atoms. The van der Waals surface area contributed by atoms with Gasteiger partial charge in [-0.1, -0.05) is 52.3 Å². The van der Waals surface area contributed by atoms with Gasteiger partial charge in [0.1, 0.15) is 5.54 Å². The summed E-state index contributed by atoms with van der Waals surface area (Å²) in [4.78, 5) is 13.2. The van der Waals surface area contributed by atoms with Gasteiger partial charge in [0.05, 0.1) is 0 Å². The van der Waals surface area contributed by atoms with Crippen molar-refractivity contribution in [1.29, 1.82) is 0 Å². The highest BCUT2D eigenvalue weighted by atomic mass is 79.9. The van der Waals surface area contributed by atoms with Crippen LogP contribution in [0.5, 0.6) is 0 Å². The molecule has 1 atom stereocenters. The van der Waals surface area contributed by atoms with Crippen LogP contribution >= 0.6 is 27.7 Å². The Bertz CT molecular complexity index is 621. The fourth-order valence-corrected chi connectivity index (χ4v) is 3.88. The van der Waals surface area contributed by atoms with Gasteiger partial charge in [-0.15, -0.1) is 11.8 Å². The fraction of sp³-hybridized carbons (Fsp3) is 0.188. The van der Waals surface area contributed by atoms with Gasteiger partial charge < -0.3 is 11.1 Å². The number of rotatable bonds is 6. The molecule has 0 aliphatic carbocycles. The van der Waals surface area contributed by atoms with E-state index in [4.69, 9.17) is 5.73 Å². The van der Waals surface area contributed by atoms with Crippen LogP contribution in [0, 0.1) is 0 Å². The van der Waals surface area contributed by atoms with Gasteiger partial charge in [0.15, 0.2) is 0 Å². The van der Waals surface area contributed by atoms with Crippen LogP contribution in [0.3, 0.4) is 0 Å². The molecule has 0 radical (unpaired) electrons. The first-order valence-corrected chi connectivity index (χ1v) is 8.29. The number of halogens is 1. The van der Waals surface area contributed by atoms with Crippen molar-refractivity contribution >= 4 is 33.6 Å². The van der Waals surface area contributed by atoms with Crippen molar-refractivity contribution in [3.63, 3.8) is 0 Å². The van der Waals surface area contributed by atoms with Crippen LogP contribution in [-0.2, 0) is 10.3 Å². The Balaban J connectivity index is 2.27. The SMILES string of the molecule is CNC(CSc1cccc(Br)c1)(C(N)=O)c1ccccc1. The zero-order valence-electron chi connectivity index (χ0n) is 11.7. The molecule has 0 saturated carbocycles. The van der Waals surface area contributed by atoms with Crippen LogP contribution in [0.25, 0.3) is 0 Å². The summed E-state index contributed by atoms with van der Waals surface area (Å²) >= 11 is 5.05. The molecule has 2 rings (SSSR count). The summed E-state index contributed by atoms with van der Waals surface area (Å²) in [6.45, 7) is 0. The van der Waals surface area contributed by atoms with E-state index in [1.54, 1.807) is 18.8 Å². The van der Waals surface area contributed by atoms with Gasteiger partial charge in [0, 0.05) is 15.1 Å². The summed E-state index contributed by atoms with van der Waals surface area (Å²) in [5.74, 6) is 0.151. The van der Waals surface area contributed by atoms with Crippen LogP contribution in [-0.4, -0.2) is 18.7 Å². The maximum absolute atomic E-state index is 12.1. The molecule has 3 N–H and O–H groups in total. The highest BCUT2D eigenvalue weighted by Gasteiger charge is 2.36. The van der Waals surface area contributed by atoms with Crippen LogP contribution < -0.4 is 11.1 Å². The molecule has 0 heterocycles. The Hall–Kier alpha value is -1.30. The van der Waals surface area contributed by atoms with E-state index >= 15 is 0 Å². The third-order valence-corrected chi connectivity index (χ3v) is 5.02. The standard InChI is InChI=1S/C16H17BrN2OS/c1-19-16(15(18)20,12-6-3-2-4-7-12)11-21-14-9-5-8-13(17)10-14/h2-10,19H,11H2,1H3,(H2,18,20). The molecule has 5 heteroatoms. The minimum atomic E-state index is -0.881. The van der Waals surface area contributed by atoms with Gasteiger partial charge in [-0.3, -0.25) is 4.79 Å². The highest BCUT2D eigenvalue weighted by molar-refractivity contribution is 9.10. The predicted molar refractivity (Wildman–Crippen MR) is 91.2 cm³/mol. The normalized spacial score (nSPS) is 13.6. The Morgan fingerprint density at radius 2 is 1.95 bits per heavy atom. The molecule has 1 unspecified atom stereocenters. The molecule has 2 aromatic carbocycles. The number of amides is 1. The summed E-state index contributed by atoms with van der Waals surface area (Å²) in [7, 11) is 1.76. The number of nitrogens with one attached hydrogen (secondary N) is 1. The third-order valence-electron chi connectivity index (χ3n) is 3.37. The fourth-order valence-electron chi connectivity index (χ4n) is 2.11. The zero-order chi connectivity index (χ0) is 15.3. The van der Waals surface area contributed by atoms with Gasteiger partial charge in [-0.2, -0.15) is 0 Å². The second-order valence-corrected chi connectivity index (χ2v) is 6.60. The minimum absolute atomic E-state index is 0.376. The van der Waals surface area contributed by atoms with Crippen LogP contribution in [0.1, 0.15) is 5.56 Å². The Kier molecular flexibility index (Phi) is 5.45. The van der Waals surface area contributed by atoms with Crippen molar-refractivity contribution < 1.29 is 4.79 Å². The lowest BCUT2D eigenvalue weighted by molar-refractivity contribution is -0.123. The number of likely N-dealkylation sites (N-methyl/N-ethyl adjacent to an activating group) is 1. The Labute approximate surface area is 137 Å². The number of hydrogen-bond acceptors (Lipinski definition) is 3. The van der Waals surface area contributed by atoms with Crippen LogP contribution in [0.4, 0.5) is 0 Å². The van der Waals surface area contributed by atoms with Gasteiger partial charge in [-0.05, 0) is 30.8 Å². The van der Waals surface area contributed by atoms with Crippen molar-refractivity contribution in [2.75, 3.05) is 12.8 Å². The van der Waals surface area contributed by atoms with E-state index in [1.807, 2.05) is 54.6 Å². The van der Waals surface area contributed by atoms with Crippen molar-refractivity contribution in [1.82, 2.24) is 5.32 Å². The predicted octanol–water partition coefficient (Wildman–Crippen LogP) is 3.14. The summed E-state index contributed by atoms with van der Waals surface area (Å²) < 4.78 is 1.02. The number of carbonyl (C=O) groups excluding carboxylic acids is 1. The first kappa shape index (κ1) is 16.1. The molecule has 0 aromatic heterocycles. The number of benzene rings is 2. The molecule has 0 saturated heterocycles. The summed E-state index contributed by atoms with van der Waals surface area (Å²) in [5, 5.41) is 3.11. The molecule has 3 nitrogen and oxygen atoms in total. The lowest BCUT2D eigenvalue weighted by Crippen LogP contribution is -2.53. The monoisotopic (exact) mass is 364 g/mol. The number of thioether (sulfide) groups is 1. The summed E-state index contributed by atoms with van der Waals surface area (Å²) in [6.07, 6.45) is 0. The van der Waals surface area contributed by atoms with E-state index in [1.165, 1.54) is 0 Å². The lowest BCUT2D eigenvalue weighted by Gasteiger charge is -2.30. The van der Waals surface area contributed by atoms with Crippen molar-refractivity contribution in [3.05, 3.63) is 64.6 Å².